The monoisotopic (exact) mass is 296 g/mol. The molecule has 2 aromatic heterocycles. The highest BCUT2D eigenvalue weighted by molar-refractivity contribution is 5.63. The average Bonchev–Trinajstić information content (AvgIpc) is 2.81. The van der Waals surface area contributed by atoms with Crippen LogP contribution in [-0.2, 0) is 6.42 Å². The summed E-state index contributed by atoms with van der Waals surface area (Å²) in [5, 5.41) is 0. The second-order valence-corrected chi connectivity index (χ2v) is 7.93. The van der Waals surface area contributed by atoms with Crippen LogP contribution in [-0.4, -0.2) is 22.4 Å². The Hall–Kier alpha value is -1.28. The van der Waals surface area contributed by atoms with Crippen LogP contribution >= 0.6 is 0 Å². The normalized spacial score (nSPS) is 25.3. The van der Waals surface area contributed by atoms with Gasteiger partial charge in [-0.15, -0.1) is 0 Å². The van der Waals surface area contributed by atoms with Crippen LogP contribution in [0.5, 0.6) is 0 Å². The number of pyridine rings is 1. The minimum Gasteiger partial charge on any atom is -0.320 e. The van der Waals surface area contributed by atoms with Gasteiger partial charge >= 0.3 is 0 Å². The zero-order chi connectivity index (χ0) is 15.3. The van der Waals surface area contributed by atoms with Gasteiger partial charge in [-0.25, -0.2) is 0 Å². The summed E-state index contributed by atoms with van der Waals surface area (Å²) in [6.45, 7) is 9.86. The second-order valence-electron chi connectivity index (χ2n) is 7.93. The van der Waals surface area contributed by atoms with Crippen LogP contribution in [0.3, 0.4) is 0 Å². The van der Waals surface area contributed by atoms with E-state index in [1.165, 1.54) is 56.3 Å². The fraction of sp³-hybridized carbons (Fsp3) is 0.600. The first-order valence-electron chi connectivity index (χ1n) is 8.92. The van der Waals surface area contributed by atoms with Gasteiger partial charge in [0.15, 0.2) is 0 Å². The summed E-state index contributed by atoms with van der Waals surface area (Å²) in [7, 11) is 0. The SMILES string of the molecule is Cc1c2c(n3ccccc13)CCC(C)(C)C2N1CCCCC1. The molecule has 1 atom stereocenters. The third-order valence-electron chi connectivity index (χ3n) is 6.03. The molecule has 4 rings (SSSR count). The van der Waals surface area contributed by atoms with Crippen LogP contribution in [0, 0.1) is 12.3 Å². The van der Waals surface area contributed by atoms with E-state index in [0.29, 0.717) is 11.5 Å². The van der Waals surface area contributed by atoms with Crippen molar-refractivity contribution in [2.75, 3.05) is 13.1 Å². The molecule has 0 N–H and O–H groups in total. The maximum absolute atomic E-state index is 2.79. The standard InChI is InChI=1S/C20H28N2/c1-15-16-9-5-8-14-22(16)17-10-11-20(2,3)19(18(15)17)21-12-6-4-7-13-21/h5,8-9,14,19H,4,6-7,10-13H2,1-3H3. The number of rotatable bonds is 1. The molecule has 0 saturated carbocycles. The Balaban J connectivity index is 1.90. The van der Waals surface area contributed by atoms with Gasteiger partial charge in [0.05, 0.1) is 0 Å². The largest absolute Gasteiger partial charge is 0.320 e. The highest BCUT2D eigenvalue weighted by Gasteiger charge is 2.42. The molecule has 2 aromatic rings. The van der Waals surface area contributed by atoms with Crippen LogP contribution < -0.4 is 0 Å². The number of hydrogen-bond acceptors (Lipinski definition) is 1. The summed E-state index contributed by atoms with van der Waals surface area (Å²) in [4.78, 5) is 2.79. The molecule has 0 aromatic carbocycles. The van der Waals surface area contributed by atoms with Crippen molar-refractivity contribution >= 4 is 5.52 Å². The fourth-order valence-corrected chi connectivity index (χ4v) is 4.91. The topological polar surface area (TPSA) is 7.65 Å². The molecule has 118 valence electrons. The Bertz CT molecular complexity index is 689. The number of fused-ring (bicyclic) bond motifs is 3. The second kappa shape index (κ2) is 5.13. The summed E-state index contributed by atoms with van der Waals surface area (Å²) < 4.78 is 2.46. The molecular weight excluding hydrogens is 268 g/mol. The first kappa shape index (κ1) is 14.3. The summed E-state index contributed by atoms with van der Waals surface area (Å²) in [5.74, 6) is 0. The van der Waals surface area contributed by atoms with Crippen molar-refractivity contribution in [3.63, 3.8) is 0 Å². The molecule has 3 heterocycles. The van der Waals surface area contributed by atoms with Gasteiger partial charge in [-0.2, -0.15) is 0 Å². The molecule has 22 heavy (non-hydrogen) atoms. The zero-order valence-electron chi connectivity index (χ0n) is 14.2. The van der Waals surface area contributed by atoms with Crippen molar-refractivity contribution in [2.45, 2.75) is 58.9 Å². The summed E-state index contributed by atoms with van der Waals surface area (Å²) >= 11 is 0. The van der Waals surface area contributed by atoms with E-state index in [2.05, 4.69) is 54.5 Å². The van der Waals surface area contributed by atoms with Crippen molar-refractivity contribution in [3.8, 4) is 0 Å². The van der Waals surface area contributed by atoms with Crippen LogP contribution in [0.2, 0.25) is 0 Å². The van der Waals surface area contributed by atoms with E-state index in [9.17, 15) is 0 Å². The number of piperidine rings is 1. The van der Waals surface area contributed by atoms with Crippen LogP contribution in [0.15, 0.2) is 24.4 Å². The highest BCUT2D eigenvalue weighted by atomic mass is 15.2. The quantitative estimate of drug-likeness (QED) is 0.737. The number of aryl methyl sites for hydroxylation is 2. The minimum atomic E-state index is 0.375. The average molecular weight is 296 g/mol. The Morgan fingerprint density at radius 2 is 1.86 bits per heavy atom. The molecule has 0 amide bonds. The van der Waals surface area contributed by atoms with Gasteiger partial charge in [0.2, 0.25) is 0 Å². The first-order chi connectivity index (χ1) is 10.6. The third kappa shape index (κ3) is 2.04. The van der Waals surface area contributed by atoms with Gasteiger partial charge in [0.25, 0.3) is 0 Å². The van der Waals surface area contributed by atoms with Gasteiger partial charge in [0.1, 0.15) is 0 Å². The molecule has 0 spiro atoms. The molecule has 1 aliphatic carbocycles. The molecule has 1 fully saturated rings. The Labute approximate surface area is 134 Å². The van der Waals surface area contributed by atoms with E-state index < -0.39 is 0 Å². The number of aromatic nitrogens is 1. The minimum absolute atomic E-state index is 0.375. The molecule has 1 aliphatic heterocycles. The maximum Gasteiger partial charge on any atom is 0.0485 e. The molecule has 2 nitrogen and oxygen atoms in total. The summed E-state index contributed by atoms with van der Waals surface area (Å²) in [5.41, 5.74) is 6.51. The Morgan fingerprint density at radius 3 is 2.64 bits per heavy atom. The van der Waals surface area contributed by atoms with Gasteiger partial charge in [0, 0.05) is 23.4 Å². The highest BCUT2D eigenvalue weighted by Crippen LogP contribution is 2.50. The third-order valence-corrected chi connectivity index (χ3v) is 6.03. The predicted octanol–water partition coefficient (Wildman–Crippen LogP) is 4.75. The Morgan fingerprint density at radius 1 is 1.09 bits per heavy atom. The number of likely N-dealkylation sites (tertiary alicyclic amines) is 1. The molecule has 2 aliphatic rings. The van der Waals surface area contributed by atoms with Crippen molar-refractivity contribution in [1.29, 1.82) is 0 Å². The molecule has 1 unspecified atom stereocenters. The van der Waals surface area contributed by atoms with E-state index in [1.54, 1.807) is 11.3 Å². The van der Waals surface area contributed by atoms with Crippen molar-refractivity contribution in [2.24, 2.45) is 5.41 Å². The molecule has 0 radical (unpaired) electrons. The zero-order valence-corrected chi connectivity index (χ0v) is 14.2. The van der Waals surface area contributed by atoms with E-state index in [4.69, 9.17) is 0 Å². The van der Waals surface area contributed by atoms with E-state index in [-0.39, 0.29) is 0 Å². The molecule has 2 heteroatoms. The predicted molar refractivity (Wildman–Crippen MR) is 92.4 cm³/mol. The lowest BCUT2D eigenvalue weighted by Gasteiger charge is -2.47. The van der Waals surface area contributed by atoms with E-state index >= 15 is 0 Å². The van der Waals surface area contributed by atoms with Crippen LogP contribution in [0.1, 0.15) is 62.4 Å². The summed E-state index contributed by atoms with van der Waals surface area (Å²) in [6.07, 6.45) is 8.91. The van der Waals surface area contributed by atoms with Gasteiger partial charge < -0.3 is 4.40 Å². The smallest absolute Gasteiger partial charge is 0.0485 e. The Kier molecular flexibility index (Phi) is 3.34. The van der Waals surface area contributed by atoms with Gasteiger partial charge in [-0.1, -0.05) is 26.3 Å². The molecule has 0 bridgehead atoms. The first-order valence-corrected chi connectivity index (χ1v) is 8.92. The lowest BCUT2D eigenvalue weighted by atomic mass is 9.70. The fourth-order valence-electron chi connectivity index (χ4n) is 4.91. The summed E-state index contributed by atoms with van der Waals surface area (Å²) in [6, 6.07) is 7.22. The van der Waals surface area contributed by atoms with Crippen LogP contribution in [0.25, 0.3) is 5.52 Å². The number of nitrogens with zero attached hydrogens (tertiary/aromatic N) is 2. The molecule has 1 saturated heterocycles. The van der Waals surface area contributed by atoms with E-state index in [1.807, 2.05) is 0 Å². The van der Waals surface area contributed by atoms with Gasteiger partial charge in [-0.3, -0.25) is 4.90 Å². The molecular formula is C20H28N2. The lowest BCUT2D eigenvalue weighted by molar-refractivity contribution is 0.0542. The maximum atomic E-state index is 2.79. The number of hydrogen-bond donors (Lipinski definition) is 0. The van der Waals surface area contributed by atoms with Crippen molar-refractivity contribution in [3.05, 3.63) is 41.2 Å². The van der Waals surface area contributed by atoms with Crippen LogP contribution in [0.4, 0.5) is 0 Å². The van der Waals surface area contributed by atoms with E-state index in [0.717, 1.165) is 0 Å². The van der Waals surface area contributed by atoms with Crippen molar-refractivity contribution in [1.82, 2.24) is 9.30 Å². The van der Waals surface area contributed by atoms with Crippen molar-refractivity contribution < 1.29 is 0 Å². The lowest BCUT2D eigenvalue weighted by Crippen LogP contribution is -2.43. The van der Waals surface area contributed by atoms with Gasteiger partial charge in [-0.05, 0) is 74.4 Å².